The summed E-state index contributed by atoms with van der Waals surface area (Å²) in [5, 5.41) is 8.70. The number of aromatic nitrogens is 4. The van der Waals surface area contributed by atoms with Gasteiger partial charge in [-0.3, -0.25) is 0 Å². The van der Waals surface area contributed by atoms with Crippen LogP contribution in [0, 0.1) is 19.7 Å². The minimum atomic E-state index is -0.454. The standard InChI is InChI=1S/C19H22FN5O/c1-12-16(13(2)25(23-12)15-7-5-14(20)6-8-15)11-17-22-18(24-26-17)19(21)9-3-4-10-19/h5-8H,3-4,9-11,21H2,1-2H3. The Kier molecular flexibility index (Phi) is 4.11. The van der Waals surface area contributed by atoms with Crippen molar-refractivity contribution < 1.29 is 8.91 Å². The number of halogens is 1. The zero-order valence-corrected chi connectivity index (χ0v) is 15.0. The van der Waals surface area contributed by atoms with Crippen LogP contribution in [0.1, 0.15) is 54.3 Å². The third-order valence-electron chi connectivity index (χ3n) is 5.25. The molecule has 0 unspecified atom stereocenters. The minimum Gasteiger partial charge on any atom is -0.339 e. The molecule has 7 heteroatoms. The van der Waals surface area contributed by atoms with E-state index in [1.54, 1.807) is 12.1 Å². The van der Waals surface area contributed by atoms with Crippen LogP contribution in [0.2, 0.25) is 0 Å². The van der Waals surface area contributed by atoms with Gasteiger partial charge in [-0.25, -0.2) is 9.07 Å². The van der Waals surface area contributed by atoms with E-state index in [0.717, 1.165) is 48.3 Å². The summed E-state index contributed by atoms with van der Waals surface area (Å²) in [7, 11) is 0. The lowest BCUT2D eigenvalue weighted by molar-refractivity contribution is 0.352. The Morgan fingerprint density at radius 1 is 1.19 bits per heavy atom. The Morgan fingerprint density at radius 3 is 2.58 bits per heavy atom. The Bertz CT molecular complexity index is 922. The molecule has 0 aliphatic heterocycles. The maximum atomic E-state index is 13.2. The predicted octanol–water partition coefficient (Wildman–Crippen LogP) is 3.33. The SMILES string of the molecule is Cc1nn(-c2ccc(F)cc2)c(C)c1Cc1nc(C2(N)CCCC2)no1. The molecule has 1 aliphatic carbocycles. The van der Waals surface area contributed by atoms with Gasteiger partial charge in [-0.2, -0.15) is 10.1 Å². The van der Waals surface area contributed by atoms with Crippen LogP contribution in [0.15, 0.2) is 28.8 Å². The van der Waals surface area contributed by atoms with Gasteiger partial charge in [0.15, 0.2) is 5.82 Å². The molecule has 0 atom stereocenters. The number of aryl methyl sites for hydroxylation is 1. The molecule has 26 heavy (non-hydrogen) atoms. The first-order valence-corrected chi connectivity index (χ1v) is 8.89. The number of rotatable bonds is 4. The number of nitrogens with two attached hydrogens (primary N) is 1. The normalized spacial score (nSPS) is 16.3. The Balaban J connectivity index is 1.61. The van der Waals surface area contributed by atoms with Gasteiger partial charge in [0, 0.05) is 11.3 Å². The average molecular weight is 355 g/mol. The van der Waals surface area contributed by atoms with Gasteiger partial charge in [-0.05, 0) is 51.0 Å². The highest BCUT2D eigenvalue weighted by atomic mass is 19.1. The van der Waals surface area contributed by atoms with Gasteiger partial charge < -0.3 is 10.3 Å². The predicted molar refractivity (Wildman–Crippen MR) is 94.4 cm³/mol. The molecule has 0 saturated heterocycles. The van der Waals surface area contributed by atoms with Crippen LogP contribution in [0.4, 0.5) is 4.39 Å². The molecule has 6 nitrogen and oxygen atoms in total. The van der Waals surface area contributed by atoms with E-state index >= 15 is 0 Å². The second-order valence-electron chi connectivity index (χ2n) is 7.09. The summed E-state index contributed by atoms with van der Waals surface area (Å²) in [6, 6.07) is 6.28. The van der Waals surface area contributed by atoms with Crippen LogP contribution in [0.5, 0.6) is 0 Å². The first kappa shape index (κ1) is 16.9. The maximum absolute atomic E-state index is 13.2. The summed E-state index contributed by atoms with van der Waals surface area (Å²) in [5.74, 6) is 0.879. The lowest BCUT2D eigenvalue weighted by Gasteiger charge is -2.17. The van der Waals surface area contributed by atoms with Gasteiger partial charge in [0.1, 0.15) is 5.82 Å². The summed E-state index contributed by atoms with van der Waals surface area (Å²) in [6.07, 6.45) is 4.49. The van der Waals surface area contributed by atoms with E-state index in [2.05, 4.69) is 15.2 Å². The van der Waals surface area contributed by atoms with Crippen molar-refractivity contribution in [1.82, 2.24) is 19.9 Å². The van der Waals surface area contributed by atoms with E-state index in [1.807, 2.05) is 18.5 Å². The molecule has 4 rings (SSSR count). The lowest BCUT2D eigenvalue weighted by Crippen LogP contribution is -2.34. The Hall–Kier alpha value is -2.54. The summed E-state index contributed by atoms with van der Waals surface area (Å²) in [6.45, 7) is 3.93. The summed E-state index contributed by atoms with van der Waals surface area (Å²) in [5.41, 5.74) is 9.65. The minimum absolute atomic E-state index is 0.267. The summed E-state index contributed by atoms with van der Waals surface area (Å²) in [4.78, 5) is 4.55. The van der Waals surface area contributed by atoms with Crippen LogP contribution in [-0.2, 0) is 12.0 Å². The molecule has 1 aliphatic rings. The van der Waals surface area contributed by atoms with Crippen molar-refractivity contribution in [2.24, 2.45) is 5.73 Å². The highest BCUT2D eigenvalue weighted by molar-refractivity contribution is 5.38. The monoisotopic (exact) mass is 355 g/mol. The summed E-state index contributed by atoms with van der Waals surface area (Å²) < 4.78 is 20.4. The number of hydrogen-bond acceptors (Lipinski definition) is 5. The van der Waals surface area contributed by atoms with Gasteiger partial charge in [0.2, 0.25) is 5.89 Å². The fraction of sp³-hybridized carbons (Fsp3) is 0.421. The third kappa shape index (κ3) is 2.92. The van der Waals surface area contributed by atoms with Crippen molar-refractivity contribution in [2.45, 2.75) is 51.5 Å². The van der Waals surface area contributed by atoms with Gasteiger partial charge in [0.05, 0.1) is 23.3 Å². The molecule has 1 saturated carbocycles. The lowest BCUT2D eigenvalue weighted by atomic mass is 9.98. The zero-order chi connectivity index (χ0) is 18.3. The molecule has 2 N–H and O–H groups in total. The van der Waals surface area contributed by atoms with Gasteiger partial charge in [-0.15, -0.1) is 0 Å². The first-order chi connectivity index (χ1) is 12.5. The topological polar surface area (TPSA) is 82.8 Å². The van der Waals surface area contributed by atoms with Gasteiger partial charge in [0.25, 0.3) is 0 Å². The summed E-state index contributed by atoms with van der Waals surface area (Å²) >= 11 is 0. The molecule has 2 heterocycles. The Labute approximate surface area is 151 Å². The van der Waals surface area contributed by atoms with Crippen molar-refractivity contribution in [3.05, 3.63) is 58.7 Å². The second-order valence-corrected chi connectivity index (χ2v) is 7.09. The van der Waals surface area contributed by atoms with Crippen LogP contribution in [0.3, 0.4) is 0 Å². The fourth-order valence-electron chi connectivity index (χ4n) is 3.67. The van der Waals surface area contributed by atoms with Crippen molar-refractivity contribution in [2.75, 3.05) is 0 Å². The fourth-order valence-corrected chi connectivity index (χ4v) is 3.67. The molecule has 0 spiro atoms. The molecule has 3 aromatic rings. The molecular weight excluding hydrogens is 333 g/mol. The van der Waals surface area contributed by atoms with E-state index in [-0.39, 0.29) is 5.82 Å². The Morgan fingerprint density at radius 2 is 1.88 bits per heavy atom. The number of benzene rings is 1. The molecular formula is C19H22FN5O. The highest BCUT2D eigenvalue weighted by Crippen LogP contribution is 2.34. The molecule has 1 aromatic carbocycles. The number of nitrogens with zero attached hydrogens (tertiary/aromatic N) is 4. The van der Waals surface area contributed by atoms with E-state index in [0.29, 0.717) is 18.1 Å². The molecule has 1 fully saturated rings. The van der Waals surface area contributed by atoms with E-state index in [9.17, 15) is 4.39 Å². The molecule has 136 valence electrons. The molecule has 0 radical (unpaired) electrons. The highest BCUT2D eigenvalue weighted by Gasteiger charge is 2.36. The second kappa shape index (κ2) is 6.32. The van der Waals surface area contributed by atoms with Crippen molar-refractivity contribution in [1.29, 1.82) is 0 Å². The largest absolute Gasteiger partial charge is 0.339 e. The molecule has 0 bridgehead atoms. The quantitative estimate of drug-likeness (QED) is 0.776. The van der Waals surface area contributed by atoms with Crippen molar-refractivity contribution in [3.8, 4) is 5.69 Å². The van der Waals surface area contributed by atoms with Crippen LogP contribution >= 0.6 is 0 Å². The third-order valence-corrected chi connectivity index (χ3v) is 5.25. The molecule has 0 amide bonds. The number of hydrogen-bond donors (Lipinski definition) is 1. The zero-order valence-electron chi connectivity index (χ0n) is 15.0. The van der Waals surface area contributed by atoms with Crippen molar-refractivity contribution >= 4 is 0 Å². The maximum Gasteiger partial charge on any atom is 0.231 e. The van der Waals surface area contributed by atoms with Crippen LogP contribution < -0.4 is 5.73 Å². The van der Waals surface area contributed by atoms with Crippen LogP contribution in [0.25, 0.3) is 5.69 Å². The smallest absolute Gasteiger partial charge is 0.231 e. The van der Waals surface area contributed by atoms with Gasteiger partial charge in [-0.1, -0.05) is 18.0 Å². The van der Waals surface area contributed by atoms with E-state index in [1.165, 1.54) is 12.1 Å². The first-order valence-electron chi connectivity index (χ1n) is 8.89. The van der Waals surface area contributed by atoms with E-state index < -0.39 is 5.54 Å². The van der Waals surface area contributed by atoms with Gasteiger partial charge >= 0.3 is 0 Å². The molecule has 2 aromatic heterocycles. The van der Waals surface area contributed by atoms with Crippen LogP contribution in [-0.4, -0.2) is 19.9 Å². The van der Waals surface area contributed by atoms with E-state index in [4.69, 9.17) is 10.3 Å². The van der Waals surface area contributed by atoms with Crippen molar-refractivity contribution in [3.63, 3.8) is 0 Å². The average Bonchev–Trinajstić information content (AvgIpc) is 3.33.